The second-order valence-corrected chi connectivity index (χ2v) is 4.14. The largest absolute Gasteiger partial charge is 0.338 e. The highest BCUT2D eigenvalue weighted by Crippen LogP contribution is 2.25. The minimum Gasteiger partial charge on any atom is -0.338 e. The number of hydrogen-bond donors (Lipinski definition) is 1. The molecule has 1 aromatic heterocycles. The number of nitrogens with one attached hydrogen (secondary N) is 1. The molecule has 0 aliphatic rings. The topological polar surface area (TPSA) is 37.8 Å². The molecule has 88 valence electrons. The maximum Gasteiger partial charge on any atom is 0.224 e. The average molecular weight is 272 g/mol. The minimum atomic E-state index is -0.526. The number of nitrogens with zero attached hydrogens (tertiary/aromatic N) is 2. The summed E-state index contributed by atoms with van der Waals surface area (Å²) in [6.07, 6.45) is 0. The van der Waals surface area contributed by atoms with Crippen LogP contribution in [0.1, 0.15) is 5.69 Å². The molecule has 0 aliphatic heterocycles. The molecule has 1 aromatic carbocycles. The number of rotatable bonds is 2. The van der Waals surface area contributed by atoms with Crippen molar-refractivity contribution < 1.29 is 4.39 Å². The highest BCUT2D eigenvalue weighted by Gasteiger charge is 2.07. The Morgan fingerprint density at radius 3 is 2.71 bits per heavy atom. The van der Waals surface area contributed by atoms with E-state index >= 15 is 0 Å². The van der Waals surface area contributed by atoms with Crippen molar-refractivity contribution in [3.63, 3.8) is 0 Å². The first kappa shape index (κ1) is 12.1. The fourth-order valence-electron chi connectivity index (χ4n) is 1.33. The second kappa shape index (κ2) is 4.85. The lowest BCUT2D eigenvalue weighted by molar-refractivity contribution is 0.632. The van der Waals surface area contributed by atoms with E-state index in [0.29, 0.717) is 11.5 Å². The van der Waals surface area contributed by atoms with E-state index in [4.69, 9.17) is 23.2 Å². The van der Waals surface area contributed by atoms with Crippen LogP contribution in [0.5, 0.6) is 0 Å². The Hall–Kier alpha value is -1.39. The smallest absolute Gasteiger partial charge is 0.224 e. The lowest BCUT2D eigenvalue weighted by atomic mass is 10.3. The Labute approximate surface area is 108 Å². The molecule has 2 aromatic rings. The third kappa shape index (κ3) is 2.84. The zero-order valence-electron chi connectivity index (χ0n) is 8.84. The van der Waals surface area contributed by atoms with Gasteiger partial charge in [0.05, 0.1) is 10.7 Å². The lowest BCUT2D eigenvalue weighted by Crippen LogP contribution is -1.98. The summed E-state index contributed by atoms with van der Waals surface area (Å²) in [5, 5.41) is 2.95. The van der Waals surface area contributed by atoms with Crippen LogP contribution in [0.4, 0.5) is 15.9 Å². The first-order valence-corrected chi connectivity index (χ1v) is 5.54. The predicted molar refractivity (Wildman–Crippen MR) is 66.5 cm³/mol. The molecule has 0 atom stereocenters. The van der Waals surface area contributed by atoms with Gasteiger partial charge in [0.15, 0.2) is 5.82 Å². The molecule has 17 heavy (non-hydrogen) atoms. The Balaban J connectivity index is 2.34. The van der Waals surface area contributed by atoms with Crippen LogP contribution >= 0.6 is 23.2 Å². The van der Waals surface area contributed by atoms with Crippen LogP contribution in [0.2, 0.25) is 10.3 Å². The summed E-state index contributed by atoms with van der Waals surface area (Å²) in [5.41, 5.74) is 0.932. The molecular weight excluding hydrogens is 264 g/mol. The third-order valence-corrected chi connectivity index (χ3v) is 2.50. The molecule has 3 nitrogen and oxygen atoms in total. The molecule has 0 saturated carbocycles. The average Bonchev–Trinajstić information content (AvgIpc) is 2.23. The van der Waals surface area contributed by atoms with E-state index in [0.717, 1.165) is 0 Å². The summed E-state index contributed by atoms with van der Waals surface area (Å²) in [4.78, 5) is 7.84. The highest BCUT2D eigenvalue weighted by molar-refractivity contribution is 6.31. The van der Waals surface area contributed by atoms with Gasteiger partial charge in [-0.05, 0) is 30.7 Å². The van der Waals surface area contributed by atoms with E-state index in [9.17, 15) is 4.39 Å². The fourth-order valence-corrected chi connectivity index (χ4v) is 1.73. The summed E-state index contributed by atoms with van der Waals surface area (Å²) in [5.74, 6) is -0.106. The minimum absolute atomic E-state index is 0.0480. The van der Waals surface area contributed by atoms with Crippen LogP contribution in [0.25, 0.3) is 0 Å². The zero-order chi connectivity index (χ0) is 12.4. The van der Waals surface area contributed by atoms with Gasteiger partial charge in [-0.1, -0.05) is 17.7 Å². The van der Waals surface area contributed by atoms with Crippen LogP contribution in [0.3, 0.4) is 0 Å². The van der Waals surface area contributed by atoms with E-state index in [-0.39, 0.29) is 16.0 Å². The number of halogens is 3. The Kier molecular flexibility index (Phi) is 3.45. The van der Waals surface area contributed by atoms with E-state index < -0.39 is 5.82 Å². The van der Waals surface area contributed by atoms with E-state index in [1.807, 2.05) is 0 Å². The van der Waals surface area contributed by atoms with Crippen molar-refractivity contribution in [2.75, 3.05) is 5.32 Å². The molecule has 6 heteroatoms. The molecule has 0 aliphatic carbocycles. The van der Waals surface area contributed by atoms with Gasteiger partial charge in [-0.25, -0.2) is 14.4 Å². The Morgan fingerprint density at radius 1 is 1.24 bits per heavy atom. The molecule has 0 fully saturated rings. The Morgan fingerprint density at radius 2 is 2.00 bits per heavy atom. The zero-order valence-corrected chi connectivity index (χ0v) is 10.3. The molecule has 0 bridgehead atoms. The Bertz CT molecular complexity index is 540. The van der Waals surface area contributed by atoms with Crippen molar-refractivity contribution in [1.29, 1.82) is 0 Å². The molecule has 0 amide bonds. The number of aromatic nitrogens is 2. The van der Waals surface area contributed by atoms with Gasteiger partial charge in [0.1, 0.15) is 5.82 Å². The van der Waals surface area contributed by atoms with Crippen molar-refractivity contribution in [2.24, 2.45) is 0 Å². The van der Waals surface area contributed by atoms with Crippen LogP contribution in [0.15, 0.2) is 24.3 Å². The number of aryl methyl sites for hydroxylation is 1. The maximum atomic E-state index is 13.6. The second-order valence-electron chi connectivity index (χ2n) is 3.39. The van der Waals surface area contributed by atoms with Gasteiger partial charge in [0.25, 0.3) is 0 Å². The van der Waals surface area contributed by atoms with Crippen molar-refractivity contribution in [1.82, 2.24) is 9.97 Å². The molecule has 0 unspecified atom stereocenters. The molecular formula is C11H8Cl2FN3. The van der Waals surface area contributed by atoms with Gasteiger partial charge in [-0.3, -0.25) is 0 Å². The van der Waals surface area contributed by atoms with Gasteiger partial charge >= 0.3 is 0 Å². The van der Waals surface area contributed by atoms with E-state index in [2.05, 4.69) is 15.3 Å². The van der Waals surface area contributed by atoms with Gasteiger partial charge < -0.3 is 5.32 Å². The molecule has 2 rings (SSSR count). The lowest BCUT2D eigenvalue weighted by Gasteiger charge is -2.08. The van der Waals surface area contributed by atoms with Crippen molar-refractivity contribution in [3.8, 4) is 0 Å². The van der Waals surface area contributed by atoms with E-state index in [1.165, 1.54) is 6.07 Å². The number of benzene rings is 1. The van der Waals surface area contributed by atoms with Crippen LogP contribution in [0, 0.1) is 12.7 Å². The summed E-state index contributed by atoms with van der Waals surface area (Å²) in [6, 6.07) is 6.34. The maximum absolute atomic E-state index is 13.6. The normalized spacial score (nSPS) is 10.4. The first-order chi connectivity index (χ1) is 8.06. The number of anilines is 2. The van der Waals surface area contributed by atoms with Crippen LogP contribution < -0.4 is 5.32 Å². The van der Waals surface area contributed by atoms with Crippen molar-refractivity contribution in [3.05, 3.63) is 46.1 Å². The summed E-state index contributed by atoms with van der Waals surface area (Å²) in [6.45, 7) is 1.77. The SMILES string of the molecule is Cc1cc(Nc2cccc(Cl)c2F)nc(Cl)n1. The molecule has 0 radical (unpaired) electrons. The summed E-state index contributed by atoms with van der Waals surface area (Å²) >= 11 is 11.4. The molecule has 0 spiro atoms. The predicted octanol–water partition coefficient (Wildman–Crippen LogP) is 3.97. The highest BCUT2D eigenvalue weighted by atomic mass is 35.5. The fraction of sp³-hybridized carbons (Fsp3) is 0.0909. The van der Waals surface area contributed by atoms with Crippen LogP contribution in [-0.4, -0.2) is 9.97 Å². The van der Waals surface area contributed by atoms with E-state index in [1.54, 1.807) is 25.1 Å². The standard InChI is InChI=1S/C11H8Cl2FN3/c1-6-5-9(17-11(13)15-6)16-8-4-2-3-7(12)10(8)14/h2-5H,1H3,(H,15,16,17). The van der Waals surface area contributed by atoms with Gasteiger partial charge in [0.2, 0.25) is 5.28 Å². The molecule has 0 saturated heterocycles. The monoisotopic (exact) mass is 271 g/mol. The third-order valence-electron chi connectivity index (χ3n) is 2.04. The molecule has 1 heterocycles. The number of hydrogen-bond acceptors (Lipinski definition) is 3. The van der Waals surface area contributed by atoms with Crippen molar-refractivity contribution in [2.45, 2.75) is 6.92 Å². The first-order valence-electron chi connectivity index (χ1n) is 4.78. The van der Waals surface area contributed by atoms with Gasteiger partial charge in [-0.15, -0.1) is 0 Å². The summed E-state index contributed by atoms with van der Waals surface area (Å²) in [7, 11) is 0. The summed E-state index contributed by atoms with van der Waals surface area (Å²) < 4.78 is 13.6. The quantitative estimate of drug-likeness (QED) is 0.840. The van der Waals surface area contributed by atoms with Crippen LogP contribution in [-0.2, 0) is 0 Å². The molecule has 1 N–H and O–H groups in total. The van der Waals surface area contributed by atoms with Gasteiger partial charge in [-0.2, -0.15) is 0 Å². The van der Waals surface area contributed by atoms with Crippen molar-refractivity contribution >= 4 is 34.7 Å². The van der Waals surface area contributed by atoms with Gasteiger partial charge in [0, 0.05) is 11.8 Å².